The van der Waals surface area contributed by atoms with Gasteiger partial charge in [-0.3, -0.25) is 9.59 Å². The van der Waals surface area contributed by atoms with Crippen LogP contribution in [0.25, 0.3) is 0 Å². The Morgan fingerprint density at radius 1 is 1.06 bits per heavy atom. The minimum atomic E-state index is -0.545. The van der Waals surface area contributed by atoms with Gasteiger partial charge in [-0.2, -0.15) is 0 Å². The first-order valence-corrected chi connectivity index (χ1v) is 10.5. The van der Waals surface area contributed by atoms with Crippen molar-refractivity contribution in [2.75, 3.05) is 21.3 Å². The van der Waals surface area contributed by atoms with Gasteiger partial charge < -0.3 is 24.8 Å². The monoisotopic (exact) mass is 444 g/mol. The number of rotatable bonds is 10. The van der Waals surface area contributed by atoms with Crippen molar-refractivity contribution in [1.82, 2.24) is 10.6 Å². The van der Waals surface area contributed by atoms with E-state index in [9.17, 15) is 14.0 Å². The van der Waals surface area contributed by atoms with Gasteiger partial charge in [-0.25, -0.2) is 4.39 Å². The maximum absolute atomic E-state index is 13.8. The Balaban J connectivity index is 1.62. The minimum Gasteiger partial charge on any atom is -0.497 e. The summed E-state index contributed by atoms with van der Waals surface area (Å²) in [7, 11) is 4.56. The zero-order valence-corrected chi connectivity index (χ0v) is 18.6. The van der Waals surface area contributed by atoms with Crippen molar-refractivity contribution in [3.8, 4) is 17.2 Å². The molecule has 7 nitrogen and oxygen atoms in total. The van der Waals surface area contributed by atoms with Crippen LogP contribution in [0.1, 0.15) is 36.8 Å². The van der Waals surface area contributed by atoms with E-state index in [2.05, 4.69) is 10.6 Å². The summed E-state index contributed by atoms with van der Waals surface area (Å²) in [5.74, 6) is 0.863. The van der Waals surface area contributed by atoms with Crippen molar-refractivity contribution < 1.29 is 28.2 Å². The second-order valence-electron chi connectivity index (χ2n) is 7.97. The first kappa shape index (κ1) is 23.4. The van der Waals surface area contributed by atoms with Crippen LogP contribution in [-0.4, -0.2) is 38.7 Å². The molecule has 0 radical (unpaired) electrons. The smallest absolute Gasteiger partial charge is 0.220 e. The van der Waals surface area contributed by atoms with E-state index < -0.39 is 11.4 Å². The van der Waals surface area contributed by atoms with Crippen LogP contribution in [0.4, 0.5) is 4.39 Å². The molecule has 1 saturated heterocycles. The highest BCUT2D eigenvalue weighted by Gasteiger charge is 2.38. The molecule has 1 atom stereocenters. The summed E-state index contributed by atoms with van der Waals surface area (Å²) in [5.41, 5.74) is 1.15. The lowest BCUT2D eigenvalue weighted by molar-refractivity contribution is -0.122. The standard InChI is InChI=1S/C24H29FN2O5/c1-30-18-10-17(11-19(13-18)31-2)15-26-22(28)6-8-24(9-7-23(29)27-24)14-16-4-5-20(25)21(12-16)32-3/h4-5,10-13H,6-9,14-15H2,1-3H3,(H,26,28)(H,27,29)/t24-/m1/s1. The summed E-state index contributed by atoms with van der Waals surface area (Å²) in [6.07, 6.45) is 2.25. The van der Waals surface area contributed by atoms with Crippen molar-refractivity contribution in [2.24, 2.45) is 0 Å². The number of halogens is 1. The average Bonchev–Trinajstić information content (AvgIpc) is 3.17. The molecule has 1 aliphatic heterocycles. The van der Waals surface area contributed by atoms with E-state index in [0.29, 0.717) is 43.7 Å². The number of carbonyl (C=O) groups is 2. The maximum atomic E-state index is 13.8. The molecule has 1 heterocycles. The third-order valence-corrected chi connectivity index (χ3v) is 5.72. The molecule has 1 fully saturated rings. The summed E-state index contributed by atoms with van der Waals surface area (Å²) < 4.78 is 29.3. The molecule has 0 bridgehead atoms. The Hall–Kier alpha value is -3.29. The highest BCUT2D eigenvalue weighted by Crippen LogP contribution is 2.31. The lowest BCUT2D eigenvalue weighted by atomic mass is 9.85. The number of carbonyl (C=O) groups excluding carboxylic acids is 2. The summed E-state index contributed by atoms with van der Waals surface area (Å²) in [4.78, 5) is 24.5. The van der Waals surface area contributed by atoms with Crippen LogP contribution in [0.2, 0.25) is 0 Å². The normalized spacial score (nSPS) is 17.6. The molecule has 0 aliphatic carbocycles. The lowest BCUT2D eigenvalue weighted by Crippen LogP contribution is -2.44. The molecule has 0 spiro atoms. The number of hydrogen-bond donors (Lipinski definition) is 2. The Morgan fingerprint density at radius 3 is 2.38 bits per heavy atom. The van der Waals surface area contributed by atoms with Crippen molar-refractivity contribution >= 4 is 11.8 Å². The van der Waals surface area contributed by atoms with Crippen molar-refractivity contribution in [3.05, 3.63) is 53.3 Å². The van der Waals surface area contributed by atoms with E-state index in [1.165, 1.54) is 13.2 Å². The molecule has 2 N–H and O–H groups in total. The van der Waals surface area contributed by atoms with Crippen LogP contribution < -0.4 is 24.8 Å². The van der Waals surface area contributed by atoms with Crippen LogP contribution in [-0.2, 0) is 22.6 Å². The van der Waals surface area contributed by atoms with Gasteiger partial charge in [-0.1, -0.05) is 6.07 Å². The van der Waals surface area contributed by atoms with Crippen molar-refractivity contribution in [3.63, 3.8) is 0 Å². The number of ether oxygens (including phenoxy) is 3. The van der Waals surface area contributed by atoms with E-state index >= 15 is 0 Å². The van der Waals surface area contributed by atoms with Gasteiger partial charge in [0.2, 0.25) is 11.8 Å². The predicted octanol–water partition coefficient (Wildman–Crippen LogP) is 3.14. The fourth-order valence-corrected chi connectivity index (χ4v) is 4.00. The minimum absolute atomic E-state index is 0.0389. The molecular formula is C24H29FN2O5. The van der Waals surface area contributed by atoms with Crippen molar-refractivity contribution in [1.29, 1.82) is 0 Å². The van der Waals surface area contributed by atoms with Gasteiger partial charge in [0.25, 0.3) is 0 Å². The molecule has 0 aromatic heterocycles. The first-order chi connectivity index (χ1) is 15.4. The fourth-order valence-electron chi connectivity index (χ4n) is 4.00. The van der Waals surface area contributed by atoms with E-state index in [0.717, 1.165) is 11.1 Å². The molecule has 8 heteroatoms. The van der Waals surface area contributed by atoms with Crippen LogP contribution >= 0.6 is 0 Å². The predicted molar refractivity (Wildman–Crippen MR) is 117 cm³/mol. The van der Waals surface area contributed by atoms with Crippen molar-refractivity contribution in [2.45, 2.75) is 44.2 Å². The first-order valence-electron chi connectivity index (χ1n) is 10.5. The van der Waals surface area contributed by atoms with Gasteiger partial charge in [0, 0.05) is 31.0 Å². The largest absolute Gasteiger partial charge is 0.497 e. The zero-order chi connectivity index (χ0) is 23.1. The summed E-state index contributed by atoms with van der Waals surface area (Å²) >= 11 is 0. The molecule has 2 aromatic rings. The zero-order valence-electron chi connectivity index (χ0n) is 18.6. The van der Waals surface area contributed by atoms with Gasteiger partial charge in [0.1, 0.15) is 11.5 Å². The third kappa shape index (κ3) is 5.90. The topological polar surface area (TPSA) is 85.9 Å². The van der Waals surface area contributed by atoms with E-state index in [1.54, 1.807) is 32.4 Å². The second kappa shape index (κ2) is 10.3. The third-order valence-electron chi connectivity index (χ3n) is 5.72. The second-order valence-corrected chi connectivity index (χ2v) is 7.97. The van der Waals surface area contributed by atoms with Crippen LogP contribution in [0.3, 0.4) is 0 Å². The molecule has 0 saturated carbocycles. The molecule has 1 aliphatic rings. The molecule has 172 valence electrons. The van der Waals surface area contributed by atoms with Gasteiger partial charge in [-0.05, 0) is 54.7 Å². The van der Waals surface area contributed by atoms with Gasteiger partial charge in [-0.15, -0.1) is 0 Å². The van der Waals surface area contributed by atoms with E-state index in [4.69, 9.17) is 14.2 Å². The Labute approximate surface area is 187 Å². The Morgan fingerprint density at radius 2 is 1.78 bits per heavy atom. The molecule has 3 rings (SSSR count). The van der Waals surface area contributed by atoms with Crippen LogP contribution in [0, 0.1) is 5.82 Å². The number of nitrogens with one attached hydrogen (secondary N) is 2. The van der Waals surface area contributed by atoms with E-state index in [1.807, 2.05) is 12.1 Å². The number of benzene rings is 2. The number of methoxy groups -OCH3 is 3. The number of amides is 2. The van der Waals surface area contributed by atoms with Crippen LogP contribution in [0.15, 0.2) is 36.4 Å². The van der Waals surface area contributed by atoms with E-state index in [-0.39, 0.29) is 24.0 Å². The molecule has 2 amide bonds. The number of hydrogen-bond acceptors (Lipinski definition) is 5. The fraction of sp³-hybridized carbons (Fsp3) is 0.417. The Kier molecular flexibility index (Phi) is 7.56. The van der Waals surface area contributed by atoms with Gasteiger partial charge in [0.15, 0.2) is 11.6 Å². The summed E-state index contributed by atoms with van der Waals surface area (Å²) in [6, 6.07) is 10.1. The molecule has 32 heavy (non-hydrogen) atoms. The maximum Gasteiger partial charge on any atom is 0.220 e. The SMILES string of the molecule is COc1cc(CNC(=O)CC[C@]2(Cc3ccc(F)c(OC)c3)CCC(=O)N2)cc(OC)c1. The summed E-state index contributed by atoms with van der Waals surface area (Å²) in [6.45, 7) is 0.334. The van der Waals surface area contributed by atoms with Gasteiger partial charge >= 0.3 is 0 Å². The molecule has 0 unspecified atom stereocenters. The average molecular weight is 445 g/mol. The molecule has 2 aromatic carbocycles. The van der Waals surface area contributed by atoms with Gasteiger partial charge in [0.05, 0.1) is 21.3 Å². The highest BCUT2D eigenvalue weighted by atomic mass is 19.1. The lowest BCUT2D eigenvalue weighted by Gasteiger charge is -2.29. The molecular weight excluding hydrogens is 415 g/mol. The highest BCUT2D eigenvalue weighted by molar-refractivity contribution is 5.80. The Bertz CT molecular complexity index is 959. The van der Waals surface area contributed by atoms with Crippen LogP contribution in [0.5, 0.6) is 17.2 Å². The summed E-state index contributed by atoms with van der Waals surface area (Å²) in [5, 5.41) is 5.95. The quantitative estimate of drug-likeness (QED) is 0.588.